The minimum absolute atomic E-state index is 0.0845. The molecular weight excluding hydrogens is 132 g/mol. The molecule has 1 fully saturated rings. The number of aliphatic hydroxyl groups is 1. The molecule has 60 valence electrons. The molecule has 1 aliphatic rings. The van der Waals surface area contributed by atoms with Gasteiger partial charge in [0.25, 0.3) is 0 Å². The minimum Gasteiger partial charge on any atom is -0.390 e. The first-order valence-electron chi connectivity index (χ1n) is 3.60. The molecular formula is C7H14O3. The van der Waals surface area contributed by atoms with Crippen molar-refractivity contribution >= 4 is 0 Å². The van der Waals surface area contributed by atoms with Crippen molar-refractivity contribution in [1.29, 1.82) is 0 Å². The first-order chi connectivity index (χ1) is 4.74. The van der Waals surface area contributed by atoms with E-state index < -0.39 is 0 Å². The third kappa shape index (κ3) is 1.68. The van der Waals surface area contributed by atoms with Crippen LogP contribution in [-0.4, -0.2) is 30.7 Å². The van der Waals surface area contributed by atoms with E-state index >= 15 is 0 Å². The lowest BCUT2D eigenvalue weighted by Crippen LogP contribution is -2.37. The Morgan fingerprint density at radius 3 is 2.70 bits per heavy atom. The van der Waals surface area contributed by atoms with Crippen LogP contribution in [0.2, 0.25) is 0 Å². The summed E-state index contributed by atoms with van der Waals surface area (Å²) in [6, 6.07) is 0. The molecule has 10 heavy (non-hydrogen) atoms. The SMILES string of the molecule is COC1CCC(O)C(C)O1. The van der Waals surface area contributed by atoms with Crippen LogP contribution in [-0.2, 0) is 9.47 Å². The Bertz CT molecular complexity index is 105. The van der Waals surface area contributed by atoms with Gasteiger partial charge in [-0.05, 0) is 13.3 Å². The van der Waals surface area contributed by atoms with Crippen molar-refractivity contribution in [2.45, 2.75) is 38.3 Å². The van der Waals surface area contributed by atoms with Crippen LogP contribution >= 0.6 is 0 Å². The first kappa shape index (κ1) is 7.98. The van der Waals surface area contributed by atoms with Crippen molar-refractivity contribution in [3.63, 3.8) is 0 Å². The molecule has 0 saturated carbocycles. The zero-order chi connectivity index (χ0) is 7.56. The van der Waals surface area contributed by atoms with Gasteiger partial charge in [0.05, 0.1) is 12.2 Å². The molecule has 0 amide bonds. The number of hydrogen-bond donors (Lipinski definition) is 1. The Morgan fingerprint density at radius 1 is 1.50 bits per heavy atom. The molecule has 0 spiro atoms. The van der Waals surface area contributed by atoms with E-state index in [-0.39, 0.29) is 18.5 Å². The molecule has 0 aliphatic carbocycles. The molecule has 0 radical (unpaired) electrons. The molecule has 1 saturated heterocycles. The molecule has 1 rings (SSSR count). The van der Waals surface area contributed by atoms with Gasteiger partial charge in [0.1, 0.15) is 0 Å². The number of hydrogen-bond acceptors (Lipinski definition) is 3. The highest BCUT2D eigenvalue weighted by Crippen LogP contribution is 2.19. The summed E-state index contributed by atoms with van der Waals surface area (Å²) in [5.74, 6) is 0. The van der Waals surface area contributed by atoms with E-state index in [1.54, 1.807) is 7.11 Å². The highest BCUT2D eigenvalue weighted by molar-refractivity contribution is 4.70. The number of ether oxygens (including phenoxy) is 2. The van der Waals surface area contributed by atoms with Crippen molar-refractivity contribution in [3.8, 4) is 0 Å². The summed E-state index contributed by atoms with van der Waals surface area (Å²) >= 11 is 0. The zero-order valence-corrected chi connectivity index (χ0v) is 6.41. The Morgan fingerprint density at radius 2 is 2.20 bits per heavy atom. The number of rotatable bonds is 1. The minimum atomic E-state index is -0.314. The Hall–Kier alpha value is -0.120. The van der Waals surface area contributed by atoms with Gasteiger partial charge in [0, 0.05) is 13.5 Å². The fraction of sp³-hybridized carbons (Fsp3) is 1.00. The van der Waals surface area contributed by atoms with Gasteiger partial charge in [-0.2, -0.15) is 0 Å². The quantitative estimate of drug-likeness (QED) is 0.586. The highest BCUT2D eigenvalue weighted by atomic mass is 16.7. The fourth-order valence-corrected chi connectivity index (χ4v) is 1.11. The molecule has 3 heteroatoms. The lowest BCUT2D eigenvalue weighted by atomic mass is 10.1. The maximum absolute atomic E-state index is 9.21. The highest BCUT2D eigenvalue weighted by Gasteiger charge is 2.25. The van der Waals surface area contributed by atoms with Gasteiger partial charge in [-0.25, -0.2) is 0 Å². The second-order valence-corrected chi connectivity index (χ2v) is 2.65. The topological polar surface area (TPSA) is 38.7 Å². The lowest BCUT2D eigenvalue weighted by Gasteiger charge is -2.30. The van der Waals surface area contributed by atoms with E-state index in [9.17, 15) is 5.11 Å². The second-order valence-electron chi connectivity index (χ2n) is 2.65. The van der Waals surface area contributed by atoms with E-state index in [4.69, 9.17) is 9.47 Å². The molecule has 1 aliphatic heterocycles. The Balaban J connectivity index is 2.33. The van der Waals surface area contributed by atoms with Gasteiger partial charge in [0.2, 0.25) is 0 Å². The van der Waals surface area contributed by atoms with Crippen molar-refractivity contribution in [2.75, 3.05) is 7.11 Å². The Labute approximate surface area is 60.9 Å². The van der Waals surface area contributed by atoms with Crippen LogP contribution in [0.1, 0.15) is 19.8 Å². The van der Waals surface area contributed by atoms with E-state index in [0.29, 0.717) is 0 Å². The van der Waals surface area contributed by atoms with Gasteiger partial charge >= 0.3 is 0 Å². The monoisotopic (exact) mass is 146 g/mol. The first-order valence-corrected chi connectivity index (χ1v) is 3.60. The predicted octanol–water partition coefficient (Wildman–Crippen LogP) is 0.519. The van der Waals surface area contributed by atoms with Crippen LogP contribution in [0, 0.1) is 0 Å². The molecule has 1 N–H and O–H groups in total. The lowest BCUT2D eigenvalue weighted by molar-refractivity contribution is -0.206. The smallest absolute Gasteiger partial charge is 0.157 e. The van der Waals surface area contributed by atoms with Crippen molar-refractivity contribution in [1.82, 2.24) is 0 Å². The zero-order valence-electron chi connectivity index (χ0n) is 6.41. The van der Waals surface area contributed by atoms with E-state index in [0.717, 1.165) is 12.8 Å². The fourth-order valence-electron chi connectivity index (χ4n) is 1.11. The van der Waals surface area contributed by atoms with Crippen LogP contribution in [0.25, 0.3) is 0 Å². The predicted molar refractivity (Wildman–Crippen MR) is 36.6 cm³/mol. The van der Waals surface area contributed by atoms with E-state index in [1.165, 1.54) is 0 Å². The van der Waals surface area contributed by atoms with Gasteiger partial charge in [-0.3, -0.25) is 0 Å². The summed E-state index contributed by atoms with van der Waals surface area (Å²) in [6.45, 7) is 1.86. The maximum Gasteiger partial charge on any atom is 0.157 e. The van der Waals surface area contributed by atoms with Crippen LogP contribution in [0.4, 0.5) is 0 Å². The van der Waals surface area contributed by atoms with Crippen LogP contribution < -0.4 is 0 Å². The molecule has 0 aromatic carbocycles. The second kappa shape index (κ2) is 3.32. The largest absolute Gasteiger partial charge is 0.390 e. The van der Waals surface area contributed by atoms with Crippen molar-refractivity contribution in [2.24, 2.45) is 0 Å². The molecule has 3 unspecified atom stereocenters. The molecule has 0 aromatic heterocycles. The molecule has 3 nitrogen and oxygen atoms in total. The molecule has 1 heterocycles. The summed E-state index contributed by atoms with van der Waals surface area (Å²) in [6.07, 6.45) is 1.06. The normalized spacial score (nSPS) is 41.7. The standard InChI is InChI=1S/C7H14O3/c1-5-6(8)3-4-7(9-2)10-5/h5-8H,3-4H2,1-2H3. The summed E-state index contributed by atoms with van der Waals surface area (Å²) in [5, 5.41) is 9.21. The van der Waals surface area contributed by atoms with E-state index in [1.807, 2.05) is 6.92 Å². The summed E-state index contributed by atoms with van der Waals surface area (Å²) in [7, 11) is 1.62. The van der Waals surface area contributed by atoms with E-state index in [2.05, 4.69) is 0 Å². The molecule has 0 bridgehead atoms. The van der Waals surface area contributed by atoms with Gasteiger partial charge in [-0.1, -0.05) is 0 Å². The van der Waals surface area contributed by atoms with Crippen molar-refractivity contribution < 1.29 is 14.6 Å². The summed E-state index contributed by atoms with van der Waals surface area (Å²) in [4.78, 5) is 0. The average Bonchev–Trinajstić information content (AvgIpc) is 1.95. The van der Waals surface area contributed by atoms with Crippen LogP contribution in [0.5, 0.6) is 0 Å². The van der Waals surface area contributed by atoms with Gasteiger partial charge < -0.3 is 14.6 Å². The average molecular weight is 146 g/mol. The summed E-state index contributed by atoms with van der Waals surface area (Å²) in [5.41, 5.74) is 0. The third-order valence-corrected chi connectivity index (χ3v) is 1.87. The van der Waals surface area contributed by atoms with Crippen molar-refractivity contribution in [3.05, 3.63) is 0 Å². The van der Waals surface area contributed by atoms with Crippen LogP contribution in [0.3, 0.4) is 0 Å². The third-order valence-electron chi connectivity index (χ3n) is 1.87. The number of aliphatic hydroxyl groups excluding tert-OH is 1. The van der Waals surface area contributed by atoms with Crippen LogP contribution in [0.15, 0.2) is 0 Å². The number of methoxy groups -OCH3 is 1. The maximum atomic E-state index is 9.21. The van der Waals surface area contributed by atoms with Gasteiger partial charge in [-0.15, -0.1) is 0 Å². The molecule has 0 aromatic rings. The summed E-state index contributed by atoms with van der Waals surface area (Å²) < 4.78 is 10.3. The Kier molecular flexibility index (Phi) is 2.65. The van der Waals surface area contributed by atoms with Gasteiger partial charge in [0.15, 0.2) is 6.29 Å². The molecule has 3 atom stereocenters.